The predicted octanol–water partition coefficient (Wildman–Crippen LogP) is 3.33. The monoisotopic (exact) mass is 251 g/mol. The van der Waals surface area contributed by atoms with Crippen LogP contribution in [0.4, 0.5) is 0 Å². The molecule has 1 unspecified atom stereocenters. The minimum Gasteiger partial charge on any atom is -0.365 e. The molecule has 1 aliphatic rings. The van der Waals surface area contributed by atoms with Gasteiger partial charge in [0.05, 0.1) is 11.9 Å². The molecule has 0 fully saturated rings. The molecule has 1 aromatic rings. The highest BCUT2D eigenvalue weighted by Gasteiger charge is 2.12. The Bertz CT molecular complexity index is 384. The number of hydrogen-bond acceptors (Lipinski definition) is 4. The van der Waals surface area contributed by atoms with Crippen molar-refractivity contribution in [3.05, 3.63) is 16.1 Å². The lowest BCUT2D eigenvalue weighted by atomic mass is 10.2. The molecule has 2 heterocycles. The van der Waals surface area contributed by atoms with Gasteiger partial charge in [-0.05, 0) is 26.2 Å². The minimum absolute atomic E-state index is 0.289. The minimum atomic E-state index is 0.289. The molecule has 17 heavy (non-hydrogen) atoms. The zero-order chi connectivity index (χ0) is 12.1. The Hall–Kier alpha value is -0.900. The Morgan fingerprint density at radius 3 is 3.06 bits per heavy atom. The number of aliphatic imine (C=N–C) groups is 1. The highest BCUT2D eigenvalue weighted by molar-refractivity contribution is 7.11. The molecule has 1 aliphatic heterocycles. The van der Waals surface area contributed by atoms with Gasteiger partial charge in [0, 0.05) is 24.0 Å². The summed E-state index contributed by atoms with van der Waals surface area (Å²) < 4.78 is 0. The maximum atomic E-state index is 4.60. The maximum absolute atomic E-state index is 4.60. The van der Waals surface area contributed by atoms with E-state index in [0.29, 0.717) is 0 Å². The molecule has 0 bridgehead atoms. The van der Waals surface area contributed by atoms with Crippen molar-refractivity contribution >= 4 is 17.2 Å². The van der Waals surface area contributed by atoms with Crippen molar-refractivity contribution in [2.45, 2.75) is 52.0 Å². The normalized spacial score (nSPS) is 18.4. The number of rotatable bonds is 3. The fourth-order valence-electron chi connectivity index (χ4n) is 1.99. The third-order valence-corrected chi connectivity index (χ3v) is 4.37. The smallest absolute Gasteiger partial charge is 0.115 e. The van der Waals surface area contributed by atoms with Gasteiger partial charge >= 0.3 is 0 Å². The quantitative estimate of drug-likeness (QED) is 0.894. The van der Waals surface area contributed by atoms with E-state index in [1.165, 1.54) is 35.0 Å². The van der Waals surface area contributed by atoms with E-state index in [-0.39, 0.29) is 6.04 Å². The van der Waals surface area contributed by atoms with Crippen molar-refractivity contribution in [2.24, 2.45) is 4.99 Å². The molecule has 3 nitrogen and oxygen atoms in total. The first-order valence-electron chi connectivity index (χ1n) is 6.54. The standard InChI is InChI=1S/C13H21N3S/c1-3-11-9-15-13(17-11)10(2)16-12-7-5-4-6-8-14-12/h9-10H,3-8H2,1-2H3,(H,14,16). The second-order valence-corrected chi connectivity index (χ2v) is 5.67. The molecule has 0 saturated heterocycles. The molecule has 2 rings (SSSR count). The molecule has 0 aliphatic carbocycles. The summed E-state index contributed by atoms with van der Waals surface area (Å²) >= 11 is 1.81. The lowest BCUT2D eigenvalue weighted by molar-refractivity contribution is 0.688. The molecule has 1 atom stereocenters. The first-order valence-corrected chi connectivity index (χ1v) is 7.35. The summed E-state index contributed by atoms with van der Waals surface area (Å²) in [6.07, 6.45) is 7.96. The Morgan fingerprint density at radius 2 is 2.29 bits per heavy atom. The Balaban J connectivity index is 1.95. The predicted molar refractivity (Wildman–Crippen MR) is 73.8 cm³/mol. The Kier molecular flexibility index (Phi) is 4.54. The summed E-state index contributed by atoms with van der Waals surface area (Å²) in [4.78, 5) is 10.4. The van der Waals surface area contributed by atoms with E-state index in [2.05, 4.69) is 29.1 Å². The Labute approximate surface area is 107 Å². The van der Waals surface area contributed by atoms with Crippen LogP contribution in [0, 0.1) is 0 Å². The van der Waals surface area contributed by atoms with Crippen LogP contribution >= 0.6 is 11.3 Å². The van der Waals surface area contributed by atoms with Crippen LogP contribution in [0.25, 0.3) is 0 Å². The van der Waals surface area contributed by atoms with Crippen LogP contribution in [0.15, 0.2) is 11.2 Å². The zero-order valence-electron chi connectivity index (χ0n) is 10.7. The summed E-state index contributed by atoms with van der Waals surface area (Å²) in [5, 5.41) is 4.69. The highest BCUT2D eigenvalue weighted by Crippen LogP contribution is 2.20. The van der Waals surface area contributed by atoms with E-state index in [4.69, 9.17) is 0 Å². The number of amidine groups is 1. The van der Waals surface area contributed by atoms with Crippen molar-refractivity contribution < 1.29 is 0 Å². The van der Waals surface area contributed by atoms with Crippen LogP contribution in [0.1, 0.15) is 55.5 Å². The van der Waals surface area contributed by atoms with Crippen LogP contribution in [-0.4, -0.2) is 17.4 Å². The summed E-state index contributed by atoms with van der Waals surface area (Å²) in [6, 6.07) is 0.289. The highest BCUT2D eigenvalue weighted by atomic mass is 32.1. The number of nitrogens with one attached hydrogen (secondary N) is 1. The van der Waals surface area contributed by atoms with Crippen LogP contribution in [0.5, 0.6) is 0 Å². The van der Waals surface area contributed by atoms with Gasteiger partial charge in [-0.1, -0.05) is 13.3 Å². The molecule has 0 radical (unpaired) electrons. The first-order chi connectivity index (χ1) is 8.29. The second kappa shape index (κ2) is 6.15. The van der Waals surface area contributed by atoms with E-state index in [9.17, 15) is 0 Å². The van der Waals surface area contributed by atoms with E-state index in [1.54, 1.807) is 11.3 Å². The SMILES string of the molecule is CCc1cnc(C(C)NC2=NCCCCC2)s1. The van der Waals surface area contributed by atoms with Crippen molar-refractivity contribution in [2.75, 3.05) is 6.54 Å². The molecule has 94 valence electrons. The largest absolute Gasteiger partial charge is 0.365 e. The summed E-state index contributed by atoms with van der Waals surface area (Å²) in [5.41, 5.74) is 0. The van der Waals surface area contributed by atoms with Gasteiger partial charge in [-0.3, -0.25) is 4.99 Å². The number of aromatic nitrogens is 1. The second-order valence-electron chi connectivity index (χ2n) is 4.52. The summed E-state index contributed by atoms with van der Waals surface area (Å²) in [5.74, 6) is 1.17. The van der Waals surface area contributed by atoms with E-state index < -0.39 is 0 Å². The molecule has 1 N–H and O–H groups in total. The van der Waals surface area contributed by atoms with Crippen molar-refractivity contribution in [1.82, 2.24) is 10.3 Å². The number of hydrogen-bond donors (Lipinski definition) is 1. The maximum Gasteiger partial charge on any atom is 0.115 e. The average molecular weight is 251 g/mol. The molecule has 0 saturated carbocycles. The van der Waals surface area contributed by atoms with Gasteiger partial charge < -0.3 is 5.32 Å². The fraction of sp³-hybridized carbons (Fsp3) is 0.692. The number of nitrogens with zero attached hydrogens (tertiary/aromatic N) is 2. The van der Waals surface area contributed by atoms with Crippen LogP contribution in [0.3, 0.4) is 0 Å². The van der Waals surface area contributed by atoms with E-state index in [1.807, 2.05) is 6.20 Å². The fourth-order valence-corrected chi connectivity index (χ4v) is 2.85. The van der Waals surface area contributed by atoms with Crippen molar-refractivity contribution in [3.8, 4) is 0 Å². The third-order valence-electron chi connectivity index (χ3n) is 3.05. The third kappa shape index (κ3) is 3.53. The van der Waals surface area contributed by atoms with Crippen molar-refractivity contribution in [3.63, 3.8) is 0 Å². The molecular weight excluding hydrogens is 230 g/mol. The molecule has 0 aromatic carbocycles. The lowest BCUT2D eigenvalue weighted by Crippen LogP contribution is -2.26. The zero-order valence-corrected chi connectivity index (χ0v) is 11.5. The molecule has 0 spiro atoms. The van der Waals surface area contributed by atoms with Gasteiger partial charge in [-0.15, -0.1) is 11.3 Å². The van der Waals surface area contributed by atoms with Gasteiger partial charge in [0.15, 0.2) is 0 Å². The van der Waals surface area contributed by atoms with Gasteiger partial charge in [0.25, 0.3) is 0 Å². The van der Waals surface area contributed by atoms with Gasteiger partial charge in [0.1, 0.15) is 5.01 Å². The van der Waals surface area contributed by atoms with Crippen LogP contribution in [0.2, 0.25) is 0 Å². The molecular formula is C13H21N3S. The topological polar surface area (TPSA) is 37.3 Å². The summed E-state index contributed by atoms with van der Waals surface area (Å²) in [6.45, 7) is 5.32. The van der Waals surface area contributed by atoms with Crippen molar-refractivity contribution in [1.29, 1.82) is 0 Å². The molecule has 4 heteroatoms. The van der Waals surface area contributed by atoms with E-state index in [0.717, 1.165) is 19.4 Å². The van der Waals surface area contributed by atoms with Crippen LogP contribution < -0.4 is 5.32 Å². The van der Waals surface area contributed by atoms with Crippen LogP contribution in [-0.2, 0) is 6.42 Å². The summed E-state index contributed by atoms with van der Waals surface area (Å²) in [7, 11) is 0. The number of thiazole rings is 1. The van der Waals surface area contributed by atoms with E-state index >= 15 is 0 Å². The average Bonchev–Trinajstić information content (AvgIpc) is 2.68. The number of aryl methyl sites for hydroxylation is 1. The Morgan fingerprint density at radius 1 is 1.41 bits per heavy atom. The first kappa shape index (κ1) is 12.6. The van der Waals surface area contributed by atoms with Gasteiger partial charge in [0.2, 0.25) is 0 Å². The molecule has 1 aromatic heterocycles. The van der Waals surface area contributed by atoms with Gasteiger partial charge in [-0.2, -0.15) is 0 Å². The van der Waals surface area contributed by atoms with Gasteiger partial charge in [-0.25, -0.2) is 4.98 Å². The lowest BCUT2D eigenvalue weighted by Gasteiger charge is -2.13. The molecule has 0 amide bonds.